The van der Waals surface area contributed by atoms with Gasteiger partial charge in [-0.15, -0.1) is 12.4 Å². The Balaban J connectivity index is 0.00000210. The van der Waals surface area contributed by atoms with Crippen LogP contribution in [0.3, 0.4) is 0 Å². The Morgan fingerprint density at radius 3 is 2.85 bits per heavy atom. The molecule has 3 N–H and O–H groups in total. The molecule has 1 spiro atoms. The maximum Gasteiger partial charge on any atom is 0.239 e. The van der Waals surface area contributed by atoms with Crippen LogP contribution in [-0.2, 0) is 21.6 Å². The molecule has 0 radical (unpaired) electrons. The van der Waals surface area contributed by atoms with E-state index in [2.05, 4.69) is 29.2 Å². The van der Waals surface area contributed by atoms with Crippen LogP contribution in [-0.4, -0.2) is 53.5 Å². The normalized spacial score (nSPS) is 19.6. The fourth-order valence-corrected chi connectivity index (χ4v) is 4.84. The molecule has 1 saturated heterocycles. The molecule has 148 valence electrons. The summed E-state index contributed by atoms with van der Waals surface area (Å²) in [5.41, 5.74) is 9.60. The van der Waals surface area contributed by atoms with E-state index in [1.54, 1.807) is 11.8 Å². The molecule has 1 aromatic heterocycles. The number of likely N-dealkylation sites (tertiary alicyclic amines) is 1. The van der Waals surface area contributed by atoms with Gasteiger partial charge in [-0.2, -0.15) is 11.8 Å². The van der Waals surface area contributed by atoms with E-state index in [9.17, 15) is 4.79 Å². The number of carbonyl (C=O) groups excluding carboxylic acids is 1. The lowest BCUT2D eigenvalue weighted by molar-refractivity contribution is -0.142. The number of hydrogen-bond donors (Lipinski definition) is 2. The van der Waals surface area contributed by atoms with Crippen LogP contribution in [0.4, 0.5) is 0 Å². The number of ether oxygens (including phenoxy) is 1. The number of rotatable bonds is 4. The molecule has 27 heavy (non-hydrogen) atoms. The van der Waals surface area contributed by atoms with Crippen LogP contribution < -0.4 is 5.73 Å². The number of aromatic nitrogens is 1. The maximum atomic E-state index is 12.6. The second kappa shape index (κ2) is 8.43. The number of piperidine rings is 1. The van der Waals surface area contributed by atoms with Crippen molar-refractivity contribution in [3.05, 3.63) is 35.5 Å². The number of aromatic amines is 1. The number of benzene rings is 1. The van der Waals surface area contributed by atoms with Gasteiger partial charge in [0.15, 0.2) is 0 Å². The number of para-hydroxylation sites is 1. The summed E-state index contributed by atoms with van der Waals surface area (Å²) in [7, 11) is 0. The predicted molar refractivity (Wildman–Crippen MR) is 114 cm³/mol. The molecule has 1 atom stereocenters. The van der Waals surface area contributed by atoms with Crippen molar-refractivity contribution in [1.82, 2.24) is 9.88 Å². The average molecular weight is 410 g/mol. The maximum absolute atomic E-state index is 12.6. The Bertz CT molecular complexity index is 802. The molecular weight excluding hydrogens is 382 g/mol. The van der Waals surface area contributed by atoms with Crippen LogP contribution in [0.25, 0.3) is 10.9 Å². The first kappa shape index (κ1) is 20.5. The molecular formula is C20H28ClN3O2S. The molecule has 0 bridgehead atoms. The Kier molecular flexibility index (Phi) is 6.41. The van der Waals surface area contributed by atoms with E-state index in [0.29, 0.717) is 13.1 Å². The summed E-state index contributed by atoms with van der Waals surface area (Å²) >= 11 is 1.73. The van der Waals surface area contributed by atoms with Gasteiger partial charge in [-0.1, -0.05) is 18.2 Å². The van der Waals surface area contributed by atoms with Crippen molar-refractivity contribution < 1.29 is 9.53 Å². The Morgan fingerprint density at radius 2 is 2.11 bits per heavy atom. The van der Waals surface area contributed by atoms with Gasteiger partial charge in [-0.3, -0.25) is 4.79 Å². The van der Waals surface area contributed by atoms with Crippen LogP contribution >= 0.6 is 24.2 Å². The number of thioether (sulfide) groups is 1. The predicted octanol–water partition coefficient (Wildman–Crippen LogP) is 3.06. The van der Waals surface area contributed by atoms with Gasteiger partial charge in [-0.25, -0.2) is 0 Å². The highest BCUT2D eigenvalue weighted by molar-refractivity contribution is 7.98. The molecule has 0 saturated carbocycles. The van der Waals surface area contributed by atoms with E-state index in [-0.39, 0.29) is 30.0 Å². The number of nitrogens with two attached hydrogens (primary N) is 1. The molecule has 1 fully saturated rings. The molecule has 4 rings (SSSR count). The number of nitrogens with one attached hydrogen (secondary N) is 1. The summed E-state index contributed by atoms with van der Waals surface area (Å²) in [6.07, 6.45) is 5.38. The minimum Gasteiger partial charge on any atom is -0.368 e. The van der Waals surface area contributed by atoms with E-state index in [4.69, 9.17) is 10.5 Å². The van der Waals surface area contributed by atoms with Gasteiger partial charge < -0.3 is 20.4 Å². The molecule has 2 aromatic rings. The zero-order valence-electron chi connectivity index (χ0n) is 15.7. The van der Waals surface area contributed by atoms with Crippen LogP contribution in [0, 0.1) is 0 Å². The van der Waals surface area contributed by atoms with Gasteiger partial charge in [0.05, 0.1) is 18.3 Å². The number of carbonyl (C=O) groups is 1. The molecule has 0 unspecified atom stereocenters. The Hall–Kier alpha value is -1.21. The molecule has 0 aliphatic carbocycles. The number of halogens is 1. The third-order valence-electron chi connectivity index (χ3n) is 5.83. The van der Waals surface area contributed by atoms with E-state index < -0.39 is 0 Å². The summed E-state index contributed by atoms with van der Waals surface area (Å²) < 4.78 is 6.31. The molecule has 2 aliphatic heterocycles. The summed E-state index contributed by atoms with van der Waals surface area (Å²) in [6, 6.07) is 8.09. The number of fused-ring (bicyclic) bond motifs is 4. The zero-order valence-corrected chi connectivity index (χ0v) is 17.3. The van der Waals surface area contributed by atoms with E-state index in [0.717, 1.165) is 38.0 Å². The Labute approximate surface area is 170 Å². The molecule has 5 nitrogen and oxygen atoms in total. The fraction of sp³-hybridized carbons (Fsp3) is 0.550. The smallest absolute Gasteiger partial charge is 0.239 e. The SMILES string of the molecule is CSCC[C@H](N)C(=O)N1CCC2(CC1)OCCc1c2[nH]c2ccccc12.Cl. The van der Waals surface area contributed by atoms with E-state index >= 15 is 0 Å². The summed E-state index contributed by atoms with van der Waals surface area (Å²) in [4.78, 5) is 18.1. The fourth-order valence-electron chi connectivity index (χ4n) is 4.35. The number of hydrogen-bond acceptors (Lipinski definition) is 4. The summed E-state index contributed by atoms with van der Waals surface area (Å²) in [5.74, 6) is 1.01. The van der Waals surface area contributed by atoms with E-state index in [1.165, 1.54) is 22.2 Å². The summed E-state index contributed by atoms with van der Waals surface area (Å²) in [6.45, 7) is 2.16. The van der Waals surface area contributed by atoms with Gasteiger partial charge in [0, 0.05) is 24.0 Å². The third kappa shape index (κ3) is 3.73. The molecule has 1 aromatic carbocycles. The van der Waals surface area contributed by atoms with Crippen molar-refractivity contribution >= 4 is 41.0 Å². The van der Waals surface area contributed by atoms with Crippen LogP contribution in [0.1, 0.15) is 30.5 Å². The Morgan fingerprint density at radius 1 is 1.37 bits per heavy atom. The second-order valence-electron chi connectivity index (χ2n) is 7.33. The number of H-pyrrole nitrogens is 1. The minimum absolute atomic E-state index is 0. The molecule has 1 amide bonds. The van der Waals surface area contributed by atoms with Gasteiger partial charge >= 0.3 is 0 Å². The van der Waals surface area contributed by atoms with Crippen molar-refractivity contribution in [2.75, 3.05) is 31.7 Å². The van der Waals surface area contributed by atoms with Gasteiger partial charge in [-0.05, 0) is 49.3 Å². The largest absolute Gasteiger partial charge is 0.368 e. The third-order valence-corrected chi connectivity index (χ3v) is 6.48. The van der Waals surface area contributed by atoms with Crippen LogP contribution in [0.15, 0.2) is 24.3 Å². The highest BCUT2D eigenvalue weighted by atomic mass is 35.5. The van der Waals surface area contributed by atoms with Crippen molar-refractivity contribution in [2.45, 2.75) is 37.3 Å². The van der Waals surface area contributed by atoms with Gasteiger partial charge in [0.2, 0.25) is 5.91 Å². The van der Waals surface area contributed by atoms with Crippen LogP contribution in [0.5, 0.6) is 0 Å². The van der Waals surface area contributed by atoms with Crippen molar-refractivity contribution in [3.63, 3.8) is 0 Å². The van der Waals surface area contributed by atoms with Crippen molar-refractivity contribution in [1.29, 1.82) is 0 Å². The molecule has 2 aliphatic rings. The highest BCUT2D eigenvalue weighted by Crippen LogP contribution is 2.43. The monoisotopic (exact) mass is 409 g/mol. The van der Waals surface area contributed by atoms with Crippen LogP contribution in [0.2, 0.25) is 0 Å². The lowest BCUT2D eigenvalue weighted by atomic mass is 9.83. The first-order valence-electron chi connectivity index (χ1n) is 9.42. The molecule has 3 heterocycles. The highest BCUT2D eigenvalue weighted by Gasteiger charge is 2.43. The standard InChI is InChI=1S/C20H27N3O2S.ClH/c1-26-13-7-16(21)19(24)23-10-8-20(9-11-23)18-15(6-12-25-20)14-4-2-3-5-17(14)22-18;/h2-5,16,22H,6-13,21H2,1H3;1H/t16-;/m0./s1. The molecule has 7 heteroatoms. The summed E-state index contributed by atoms with van der Waals surface area (Å²) in [5, 5.41) is 1.31. The van der Waals surface area contributed by atoms with Gasteiger partial charge in [0.1, 0.15) is 5.60 Å². The first-order valence-corrected chi connectivity index (χ1v) is 10.8. The lowest BCUT2D eigenvalue weighted by Crippen LogP contribution is -2.52. The zero-order chi connectivity index (χ0) is 18.1. The average Bonchev–Trinajstić information content (AvgIpc) is 3.07. The lowest BCUT2D eigenvalue weighted by Gasteiger charge is -2.44. The number of nitrogens with zero attached hydrogens (tertiary/aromatic N) is 1. The first-order chi connectivity index (χ1) is 12.6. The quantitative estimate of drug-likeness (QED) is 0.814. The van der Waals surface area contributed by atoms with Crippen molar-refractivity contribution in [3.8, 4) is 0 Å². The van der Waals surface area contributed by atoms with Gasteiger partial charge in [0.25, 0.3) is 0 Å². The topological polar surface area (TPSA) is 71.3 Å². The number of amides is 1. The minimum atomic E-state index is -0.382. The van der Waals surface area contributed by atoms with E-state index in [1.807, 2.05) is 11.2 Å². The second-order valence-corrected chi connectivity index (χ2v) is 8.32. The van der Waals surface area contributed by atoms with Crippen molar-refractivity contribution in [2.24, 2.45) is 5.73 Å².